The van der Waals surface area contributed by atoms with Gasteiger partial charge in [0.25, 0.3) is 0 Å². The molecule has 140 valence electrons. The van der Waals surface area contributed by atoms with Gasteiger partial charge in [-0.25, -0.2) is 22.3 Å². The van der Waals surface area contributed by atoms with Crippen LogP contribution in [0.25, 0.3) is 11.0 Å². The van der Waals surface area contributed by atoms with Gasteiger partial charge in [-0.05, 0) is 42.0 Å². The van der Waals surface area contributed by atoms with E-state index in [1.807, 2.05) is 0 Å². The van der Waals surface area contributed by atoms with Crippen LogP contribution >= 0.6 is 0 Å². The highest BCUT2D eigenvalue weighted by molar-refractivity contribution is 7.89. The Morgan fingerprint density at radius 3 is 2.78 bits per heavy atom. The van der Waals surface area contributed by atoms with Crippen LogP contribution in [0.15, 0.2) is 46.1 Å². The highest BCUT2D eigenvalue weighted by Crippen LogP contribution is 2.25. The van der Waals surface area contributed by atoms with Crippen LogP contribution in [0.1, 0.15) is 5.56 Å². The fourth-order valence-electron chi connectivity index (χ4n) is 3.11. The molecule has 2 heterocycles. The summed E-state index contributed by atoms with van der Waals surface area (Å²) in [5, 5.41) is 2.64. The predicted octanol–water partition coefficient (Wildman–Crippen LogP) is 0.942. The number of hydrogen-bond acceptors (Lipinski definition) is 4. The van der Waals surface area contributed by atoms with E-state index >= 15 is 0 Å². The maximum absolute atomic E-state index is 13.2. The molecule has 0 spiro atoms. The molecule has 0 bridgehead atoms. The van der Waals surface area contributed by atoms with Crippen molar-refractivity contribution in [2.24, 2.45) is 0 Å². The molecule has 0 unspecified atom stereocenters. The Bertz CT molecular complexity index is 1230. The number of fused-ring (bicyclic) bond motifs is 2. The van der Waals surface area contributed by atoms with Gasteiger partial charge in [-0.1, -0.05) is 0 Å². The Morgan fingerprint density at radius 2 is 1.96 bits per heavy atom. The molecule has 27 heavy (non-hydrogen) atoms. The van der Waals surface area contributed by atoms with Gasteiger partial charge in [0.2, 0.25) is 15.9 Å². The number of amides is 1. The molecule has 0 fully saturated rings. The molecule has 0 aliphatic carbocycles. The van der Waals surface area contributed by atoms with E-state index < -0.39 is 21.5 Å². The van der Waals surface area contributed by atoms with Crippen molar-refractivity contribution in [2.45, 2.75) is 17.9 Å². The van der Waals surface area contributed by atoms with Gasteiger partial charge in [-0.15, -0.1) is 0 Å². The molecule has 0 atom stereocenters. The average Bonchev–Trinajstić information content (AvgIpc) is 3.12. The zero-order valence-corrected chi connectivity index (χ0v) is 14.8. The molecular weight excluding hydrogens is 375 g/mol. The number of halogens is 1. The number of sulfonamides is 1. The third-order valence-corrected chi connectivity index (χ3v) is 5.83. The van der Waals surface area contributed by atoms with Crippen molar-refractivity contribution < 1.29 is 17.6 Å². The van der Waals surface area contributed by atoms with Gasteiger partial charge in [0.1, 0.15) is 5.82 Å². The van der Waals surface area contributed by atoms with Crippen molar-refractivity contribution in [3.63, 3.8) is 0 Å². The number of H-pyrrole nitrogens is 1. The van der Waals surface area contributed by atoms with E-state index in [0.29, 0.717) is 22.3 Å². The second kappa shape index (κ2) is 6.32. The zero-order valence-electron chi connectivity index (χ0n) is 14.0. The lowest BCUT2D eigenvalue weighted by atomic mass is 10.2. The summed E-state index contributed by atoms with van der Waals surface area (Å²) in [7, 11) is -3.80. The minimum absolute atomic E-state index is 0.0269. The van der Waals surface area contributed by atoms with Crippen molar-refractivity contribution in [3.8, 4) is 0 Å². The van der Waals surface area contributed by atoms with E-state index in [-0.39, 0.29) is 30.3 Å². The van der Waals surface area contributed by atoms with E-state index in [1.54, 1.807) is 6.07 Å². The van der Waals surface area contributed by atoms with Crippen molar-refractivity contribution >= 4 is 32.7 Å². The van der Waals surface area contributed by atoms with Gasteiger partial charge in [0.15, 0.2) is 0 Å². The van der Waals surface area contributed by atoms with Gasteiger partial charge >= 0.3 is 5.69 Å². The van der Waals surface area contributed by atoms with Gasteiger partial charge in [0.05, 0.1) is 22.3 Å². The molecule has 1 aliphatic heterocycles. The number of aromatic amines is 1. The smallest absolute Gasteiger partial charge is 0.326 e. The molecular formula is C17H15FN4O4S. The van der Waals surface area contributed by atoms with E-state index in [1.165, 1.54) is 34.9 Å². The van der Waals surface area contributed by atoms with Crippen LogP contribution in [-0.2, 0) is 27.8 Å². The number of rotatable bonds is 5. The highest BCUT2D eigenvalue weighted by Gasteiger charge is 2.21. The summed E-state index contributed by atoms with van der Waals surface area (Å²) in [4.78, 5) is 26.0. The fraction of sp³-hybridized carbons (Fsp3) is 0.176. The second-order valence-corrected chi connectivity index (χ2v) is 7.95. The number of anilines is 1. The Labute approximate surface area is 153 Å². The quantitative estimate of drug-likeness (QED) is 0.602. The summed E-state index contributed by atoms with van der Waals surface area (Å²) in [6.07, 6.45) is 0.139. The van der Waals surface area contributed by atoms with Gasteiger partial charge in [-0.2, -0.15) is 0 Å². The number of carbonyl (C=O) groups excluding carboxylic acids is 1. The molecule has 0 saturated carbocycles. The van der Waals surface area contributed by atoms with Crippen LogP contribution in [0.5, 0.6) is 0 Å². The van der Waals surface area contributed by atoms with Crippen LogP contribution in [0.4, 0.5) is 10.1 Å². The standard InChI is InChI=1S/C17H15FN4O4S/c18-11-1-4-15-14(9-11)21-17(24)22(15)6-5-19-27(25,26)12-2-3-13-10(7-12)8-16(23)20-13/h1-4,7,9,19H,5-6,8H2,(H,20,23)(H,21,24). The zero-order chi connectivity index (χ0) is 19.2. The first-order valence-corrected chi connectivity index (χ1v) is 9.62. The highest BCUT2D eigenvalue weighted by atomic mass is 32.2. The number of nitrogens with one attached hydrogen (secondary N) is 3. The number of aromatic nitrogens is 2. The molecule has 0 radical (unpaired) electrons. The summed E-state index contributed by atoms with van der Waals surface area (Å²) in [5.74, 6) is -0.649. The van der Waals surface area contributed by atoms with Crippen LogP contribution in [0, 0.1) is 5.82 Å². The molecule has 2 aromatic carbocycles. The number of hydrogen-bond donors (Lipinski definition) is 3. The lowest BCUT2D eigenvalue weighted by molar-refractivity contribution is -0.115. The third-order valence-electron chi connectivity index (χ3n) is 4.38. The van der Waals surface area contributed by atoms with Crippen molar-refractivity contribution in [1.82, 2.24) is 14.3 Å². The summed E-state index contributed by atoms with van der Waals surface area (Å²) < 4.78 is 42.0. The van der Waals surface area contributed by atoms with Crippen LogP contribution in [0.2, 0.25) is 0 Å². The first kappa shape index (κ1) is 17.4. The average molecular weight is 390 g/mol. The van der Waals surface area contributed by atoms with E-state index in [4.69, 9.17) is 0 Å². The summed E-state index contributed by atoms with van der Waals surface area (Å²) >= 11 is 0. The minimum atomic E-state index is -3.80. The molecule has 8 nitrogen and oxygen atoms in total. The number of benzene rings is 2. The molecule has 3 N–H and O–H groups in total. The Balaban J connectivity index is 1.51. The third kappa shape index (κ3) is 3.24. The van der Waals surface area contributed by atoms with Gasteiger partial charge in [0, 0.05) is 18.8 Å². The molecule has 3 aromatic rings. The minimum Gasteiger partial charge on any atom is -0.326 e. The summed E-state index contributed by atoms with van der Waals surface area (Å²) in [6.45, 7) is 0.0511. The largest absolute Gasteiger partial charge is 0.326 e. The molecule has 10 heteroatoms. The predicted molar refractivity (Wildman–Crippen MR) is 96.5 cm³/mol. The van der Waals surface area contributed by atoms with Crippen molar-refractivity contribution in [3.05, 3.63) is 58.3 Å². The number of nitrogens with zero attached hydrogens (tertiary/aromatic N) is 1. The topological polar surface area (TPSA) is 113 Å². The molecule has 1 aromatic heterocycles. The number of carbonyl (C=O) groups is 1. The molecule has 1 amide bonds. The first-order valence-electron chi connectivity index (χ1n) is 8.14. The lowest BCUT2D eigenvalue weighted by Crippen LogP contribution is -2.30. The molecule has 0 saturated heterocycles. The Hall–Kier alpha value is -2.98. The SMILES string of the molecule is O=C1Cc2cc(S(=O)(=O)NCCn3c(=O)[nH]c4cc(F)ccc43)ccc2N1. The van der Waals surface area contributed by atoms with E-state index in [9.17, 15) is 22.4 Å². The van der Waals surface area contributed by atoms with Gasteiger partial charge in [-0.3, -0.25) is 9.36 Å². The van der Waals surface area contributed by atoms with Crippen LogP contribution in [0.3, 0.4) is 0 Å². The van der Waals surface area contributed by atoms with Gasteiger partial charge < -0.3 is 10.3 Å². The summed E-state index contributed by atoms with van der Waals surface area (Å²) in [5.41, 5.74) is 1.62. The van der Waals surface area contributed by atoms with E-state index in [0.717, 1.165) is 0 Å². The summed E-state index contributed by atoms with van der Waals surface area (Å²) in [6, 6.07) is 8.31. The van der Waals surface area contributed by atoms with Crippen molar-refractivity contribution in [2.75, 3.05) is 11.9 Å². The maximum Gasteiger partial charge on any atom is 0.326 e. The molecule has 1 aliphatic rings. The maximum atomic E-state index is 13.2. The Kier molecular flexibility index (Phi) is 4.08. The Morgan fingerprint density at radius 1 is 1.15 bits per heavy atom. The second-order valence-electron chi connectivity index (χ2n) is 6.18. The molecule has 4 rings (SSSR count). The van der Waals surface area contributed by atoms with Crippen LogP contribution in [-0.4, -0.2) is 30.4 Å². The normalized spacial score (nSPS) is 13.7. The number of imidazole rings is 1. The lowest BCUT2D eigenvalue weighted by Gasteiger charge is -2.09. The van der Waals surface area contributed by atoms with Crippen molar-refractivity contribution in [1.29, 1.82) is 0 Å². The van der Waals surface area contributed by atoms with E-state index in [2.05, 4.69) is 15.0 Å². The monoisotopic (exact) mass is 390 g/mol. The van der Waals surface area contributed by atoms with Crippen LogP contribution < -0.4 is 15.7 Å². The fourth-order valence-corrected chi connectivity index (χ4v) is 4.18. The first-order chi connectivity index (χ1) is 12.8.